The van der Waals surface area contributed by atoms with Crippen molar-refractivity contribution in [2.75, 3.05) is 0 Å². The molecule has 0 aliphatic carbocycles. The Bertz CT molecular complexity index is 604. The van der Waals surface area contributed by atoms with E-state index in [2.05, 4.69) is 0 Å². The van der Waals surface area contributed by atoms with Gasteiger partial charge in [0.2, 0.25) is 0 Å². The summed E-state index contributed by atoms with van der Waals surface area (Å²) in [5, 5.41) is 11.1. The highest BCUT2D eigenvalue weighted by Crippen LogP contribution is 2.33. The van der Waals surface area contributed by atoms with E-state index in [1.807, 2.05) is 29.9 Å². The van der Waals surface area contributed by atoms with Gasteiger partial charge in [-0.05, 0) is 12.1 Å². The topological polar surface area (TPSA) is 65.1 Å². The van der Waals surface area contributed by atoms with Gasteiger partial charge in [-0.1, -0.05) is 18.2 Å². The van der Waals surface area contributed by atoms with Crippen LogP contribution in [0.2, 0.25) is 0 Å². The summed E-state index contributed by atoms with van der Waals surface area (Å²) in [4.78, 5) is 21.6. The van der Waals surface area contributed by atoms with E-state index in [4.69, 9.17) is 0 Å². The lowest BCUT2D eigenvalue weighted by molar-refractivity contribution is -0.385. The third kappa shape index (κ3) is 2.54. The third-order valence-electron chi connectivity index (χ3n) is 3.18. The smallest absolute Gasteiger partial charge is 0.273 e. The van der Waals surface area contributed by atoms with Crippen molar-refractivity contribution in [3.05, 3.63) is 64.0 Å². The van der Waals surface area contributed by atoms with Crippen LogP contribution in [-0.4, -0.2) is 15.8 Å². The zero-order valence-electron chi connectivity index (χ0n) is 10.5. The second-order valence-electron chi connectivity index (χ2n) is 4.31. The average molecular weight is 258 g/mol. The van der Waals surface area contributed by atoms with Crippen LogP contribution in [0.15, 0.2) is 42.6 Å². The van der Waals surface area contributed by atoms with Gasteiger partial charge >= 0.3 is 0 Å². The highest BCUT2D eigenvalue weighted by atomic mass is 16.6. The molecule has 0 N–H and O–H groups in total. The van der Waals surface area contributed by atoms with E-state index in [1.54, 1.807) is 18.2 Å². The summed E-state index contributed by atoms with van der Waals surface area (Å²) < 4.78 is 1.88. The van der Waals surface area contributed by atoms with Gasteiger partial charge < -0.3 is 9.36 Å². The van der Waals surface area contributed by atoms with Gasteiger partial charge in [-0.25, -0.2) is 0 Å². The van der Waals surface area contributed by atoms with E-state index in [0.717, 1.165) is 12.0 Å². The highest BCUT2D eigenvalue weighted by Gasteiger charge is 2.24. The molecule has 1 aromatic heterocycles. The zero-order valence-corrected chi connectivity index (χ0v) is 10.5. The fraction of sp³-hybridized carbons (Fsp3) is 0.214. The van der Waals surface area contributed by atoms with Gasteiger partial charge in [-0.2, -0.15) is 0 Å². The number of hydrogen-bond acceptors (Lipinski definition) is 3. The summed E-state index contributed by atoms with van der Waals surface area (Å²) in [6, 6.07) is 10.3. The first-order valence-electron chi connectivity index (χ1n) is 5.93. The number of carbonyl (C=O) groups is 1. The number of para-hydroxylation sites is 1. The maximum atomic E-state index is 11.1. The fourth-order valence-electron chi connectivity index (χ4n) is 2.29. The molecule has 0 unspecified atom stereocenters. The maximum Gasteiger partial charge on any atom is 0.273 e. The summed E-state index contributed by atoms with van der Waals surface area (Å²) in [6.45, 7) is 0. The molecule has 0 amide bonds. The van der Waals surface area contributed by atoms with E-state index < -0.39 is 4.92 Å². The van der Waals surface area contributed by atoms with Crippen molar-refractivity contribution in [3.8, 4) is 0 Å². The standard InChI is InChI=1S/C14H14N2O3/c1-15-9-4-7-13(15)12(8-10-17)11-5-2-3-6-14(11)16(18)19/h2-7,9-10,12H,8H2,1H3/t12-/m0/s1. The van der Waals surface area contributed by atoms with Crippen molar-refractivity contribution in [3.63, 3.8) is 0 Å². The van der Waals surface area contributed by atoms with Crippen LogP contribution in [0.4, 0.5) is 5.69 Å². The lowest BCUT2D eigenvalue weighted by Gasteiger charge is -2.16. The quantitative estimate of drug-likeness (QED) is 0.470. The molecule has 0 saturated heterocycles. The number of nitro groups is 1. The third-order valence-corrected chi connectivity index (χ3v) is 3.18. The van der Waals surface area contributed by atoms with Crippen molar-refractivity contribution >= 4 is 12.0 Å². The molecule has 5 nitrogen and oxygen atoms in total. The number of nitro benzene ring substituents is 1. The molecule has 0 bridgehead atoms. The predicted octanol–water partition coefficient (Wildman–Crippen LogP) is 2.65. The Morgan fingerprint density at radius 1 is 1.32 bits per heavy atom. The van der Waals surface area contributed by atoms with Crippen LogP contribution in [0.25, 0.3) is 0 Å². The first-order valence-corrected chi connectivity index (χ1v) is 5.93. The fourth-order valence-corrected chi connectivity index (χ4v) is 2.29. The molecule has 2 rings (SSSR count). The van der Waals surface area contributed by atoms with Gasteiger partial charge in [-0.3, -0.25) is 10.1 Å². The van der Waals surface area contributed by atoms with Crippen molar-refractivity contribution < 1.29 is 9.72 Å². The molecule has 0 aliphatic rings. The molecule has 1 heterocycles. The number of nitrogens with zero attached hydrogens (tertiary/aromatic N) is 2. The number of benzene rings is 1. The lowest BCUT2D eigenvalue weighted by Crippen LogP contribution is -2.09. The summed E-state index contributed by atoms with van der Waals surface area (Å²) >= 11 is 0. The predicted molar refractivity (Wildman–Crippen MR) is 71.0 cm³/mol. The van der Waals surface area contributed by atoms with Gasteiger partial charge in [0.1, 0.15) is 6.29 Å². The monoisotopic (exact) mass is 258 g/mol. The first kappa shape index (κ1) is 13.0. The summed E-state index contributed by atoms with van der Waals surface area (Å²) in [7, 11) is 1.86. The summed E-state index contributed by atoms with van der Waals surface area (Å²) in [5.74, 6) is -0.293. The van der Waals surface area contributed by atoms with E-state index in [0.29, 0.717) is 5.56 Å². The molecule has 0 spiro atoms. The van der Waals surface area contributed by atoms with Crippen LogP contribution < -0.4 is 0 Å². The largest absolute Gasteiger partial charge is 0.354 e. The molecule has 0 radical (unpaired) electrons. The molecular weight excluding hydrogens is 244 g/mol. The van der Waals surface area contributed by atoms with Crippen LogP contribution >= 0.6 is 0 Å². The van der Waals surface area contributed by atoms with Gasteiger partial charge in [0.25, 0.3) is 5.69 Å². The highest BCUT2D eigenvalue weighted by molar-refractivity contribution is 5.56. The normalized spacial score (nSPS) is 12.1. The molecule has 2 aromatic rings. The van der Waals surface area contributed by atoms with Crippen LogP contribution in [-0.2, 0) is 11.8 Å². The second kappa shape index (κ2) is 5.48. The van der Waals surface area contributed by atoms with Crippen molar-refractivity contribution in [1.82, 2.24) is 4.57 Å². The number of aromatic nitrogens is 1. The molecule has 19 heavy (non-hydrogen) atoms. The van der Waals surface area contributed by atoms with E-state index >= 15 is 0 Å². The minimum atomic E-state index is -0.407. The SMILES string of the molecule is Cn1cccc1[C@@H](CC=O)c1ccccc1[N+](=O)[O-]. The van der Waals surface area contributed by atoms with Gasteiger partial charge in [-0.15, -0.1) is 0 Å². The summed E-state index contributed by atoms with van der Waals surface area (Å²) in [6.07, 6.45) is 2.89. The Balaban J connectivity index is 2.54. The lowest BCUT2D eigenvalue weighted by atomic mass is 9.91. The van der Waals surface area contributed by atoms with Gasteiger partial charge in [0.05, 0.1) is 4.92 Å². The van der Waals surface area contributed by atoms with Gasteiger partial charge in [0, 0.05) is 42.9 Å². The second-order valence-corrected chi connectivity index (χ2v) is 4.31. The van der Waals surface area contributed by atoms with Gasteiger partial charge in [0.15, 0.2) is 0 Å². The molecule has 0 fully saturated rings. The molecule has 5 heteroatoms. The van der Waals surface area contributed by atoms with E-state index in [-0.39, 0.29) is 18.0 Å². The minimum Gasteiger partial charge on any atom is -0.354 e. The Morgan fingerprint density at radius 3 is 2.63 bits per heavy atom. The summed E-state index contributed by atoms with van der Waals surface area (Å²) in [5.41, 5.74) is 1.51. The number of carbonyl (C=O) groups excluding carboxylic acids is 1. The van der Waals surface area contributed by atoms with Crippen molar-refractivity contribution in [2.45, 2.75) is 12.3 Å². The molecule has 1 atom stereocenters. The Labute approximate surface area is 110 Å². The minimum absolute atomic E-state index is 0.0514. The van der Waals surface area contributed by atoms with Crippen LogP contribution in [0.3, 0.4) is 0 Å². The van der Waals surface area contributed by atoms with Crippen molar-refractivity contribution in [1.29, 1.82) is 0 Å². The molecule has 0 saturated carbocycles. The van der Waals surface area contributed by atoms with E-state index in [1.165, 1.54) is 6.07 Å². The van der Waals surface area contributed by atoms with Crippen molar-refractivity contribution in [2.24, 2.45) is 7.05 Å². The van der Waals surface area contributed by atoms with Crippen LogP contribution in [0.5, 0.6) is 0 Å². The number of aldehydes is 1. The maximum absolute atomic E-state index is 11.1. The average Bonchev–Trinajstić information content (AvgIpc) is 2.82. The number of hydrogen-bond donors (Lipinski definition) is 0. The zero-order chi connectivity index (χ0) is 13.8. The Morgan fingerprint density at radius 2 is 2.05 bits per heavy atom. The molecular formula is C14H14N2O3. The molecule has 0 aliphatic heterocycles. The first-order chi connectivity index (χ1) is 9.15. The molecule has 1 aromatic carbocycles. The van der Waals surface area contributed by atoms with Crippen LogP contribution in [0, 0.1) is 10.1 Å². The Hall–Kier alpha value is -2.43. The van der Waals surface area contributed by atoms with E-state index in [9.17, 15) is 14.9 Å². The van der Waals surface area contributed by atoms with Crippen LogP contribution in [0.1, 0.15) is 23.6 Å². The number of aryl methyl sites for hydroxylation is 1. The molecule has 98 valence electrons. The number of rotatable bonds is 5. The Kier molecular flexibility index (Phi) is 3.75.